The molecule has 0 aromatic rings. The number of rotatable bonds is 14. The Kier molecular flexibility index (Phi) is 12.7. The van der Waals surface area contributed by atoms with Crippen LogP contribution in [0, 0.1) is 0 Å². The molecule has 0 aliphatic rings. The Morgan fingerprint density at radius 1 is 0.955 bits per heavy atom. The molecule has 0 radical (unpaired) electrons. The van der Waals surface area contributed by atoms with Gasteiger partial charge in [0.15, 0.2) is 5.78 Å². The molecule has 0 aliphatic carbocycles. The van der Waals surface area contributed by atoms with Crippen LogP contribution in [0.3, 0.4) is 0 Å². The standard InChI is InChI=1S/C17H31NO4/c1-4-7-12-22-13-8-9-14(19)10-11-16(20)15(5-2)18-17(21)6-3/h15H,4-13H2,1-3H3,(H,18,21)/t15-/m0/s1. The third kappa shape index (κ3) is 10.5. The van der Waals surface area contributed by atoms with Crippen LogP contribution in [0.2, 0.25) is 0 Å². The van der Waals surface area contributed by atoms with Crippen LogP contribution in [-0.2, 0) is 19.1 Å². The minimum atomic E-state index is -0.461. The maximum atomic E-state index is 12.0. The molecule has 5 heteroatoms. The first-order chi connectivity index (χ1) is 10.5. The fraction of sp³-hybridized carbons (Fsp3) is 0.824. The van der Waals surface area contributed by atoms with E-state index in [2.05, 4.69) is 12.2 Å². The number of amides is 1. The van der Waals surface area contributed by atoms with E-state index in [0.717, 1.165) is 19.4 Å². The highest BCUT2D eigenvalue weighted by atomic mass is 16.5. The molecule has 1 atom stereocenters. The first kappa shape index (κ1) is 20.8. The van der Waals surface area contributed by atoms with Gasteiger partial charge in [-0.15, -0.1) is 0 Å². The van der Waals surface area contributed by atoms with E-state index in [9.17, 15) is 14.4 Å². The molecular weight excluding hydrogens is 282 g/mol. The van der Waals surface area contributed by atoms with E-state index < -0.39 is 6.04 Å². The number of carbonyl (C=O) groups excluding carboxylic acids is 3. The van der Waals surface area contributed by atoms with Crippen LogP contribution in [0.15, 0.2) is 0 Å². The number of unbranched alkanes of at least 4 members (excludes halogenated alkanes) is 1. The highest BCUT2D eigenvalue weighted by Crippen LogP contribution is 2.05. The smallest absolute Gasteiger partial charge is 0.220 e. The van der Waals surface area contributed by atoms with E-state index in [4.69, 9.17) is 4.74 Å². The van der Waals surface area contributed by atoms with Crippen molar-refractivity contribution in [2.75, 3.05) is 13.2 Å². The molecule has 0 saturated heterocycles. The van der Waals surface area contributed by atoms with Gasteiger partial charge in [0.05, 0.1) is 6.04 Å². The van der Waals surface area contributed by atoms with E-state index in [0.29, 0.717) is 32.3 Å². The molecular formula is C17H31NO4. The molecule has 0 spiro atoms. The van der Waals surface area contributed by atoms with Gasteiger partial charge in [0.2, 0.25) is 5.91 Å². The summed E-state index contributed by atoms with van der Waals surface area (Å²) in [7, 11) is 0. The van der Waals surface area contributed by atoms with Gasteiger partial charge < -0.3 is 10.1 Å². The maximum Gasteiger partial charge on any atom is 0.220 e. The number of carbonyl (C=O) groups is 3. The predicted octanol–water partition coefficient (Wildman–Crippen LogP) is 2.81. The summed E-state index contributed by atoms with van der Waals surface area (Å²) in [6, 6.07) is -0.461. The van der Waals surface area contributed by atoms with Crippen molar-refractivity contribution in [2.45, 2.75) is 78.2 Å². The van der Waals surface area contributed by atoms with Crippen LogP contribution in [0.1, 0.15) is 72.1 Å². The lowest BCUT2D eigenvalue weighted by Gasteiger charge is -2.15. The maximum absolute atomic E-state index is 12.0. The first-order valence-corrected chi connectivity index (χ1v) is 8.46. The monoisotopic (exact) mass is 313 g/mol. The minimum absolute atomic E-state index is 0.0585. The molecule has 0 fully saturated rings. The van der Waals surface area contributed by atoms with Gasteiger partial charge in [-0.05, 0) is 19.3 Å². The van der Waals surface area contributed by atoms with Crippen molar-refractivity contribution in [3.05, 3.63) is 0 Å². The normalized spacial score (nSPS) is 12.0. The van der Waals surface area contributed by atoms with Gasteiger partial charge >= 0.3 is 0 Å². The number of hydrogen-bond donors (Lipinski definition) is 1. The van der Waals surface area contributed by atoms with Crippen molar-refractivity contribution in [2.24, 2.45) is 0 Å². The quantitative estimate of drug-likeness (QED) is 0.501. The molecule has 1 N–H and O–H groups in total. The summed E-state index contributed by atoms with van der Waals surface area (Å²) in [6.45, 7) is 7.06. The zero-order valence-electron chi connectivity index (χ0n) is 14.3. The summed E-state index contributed by atoms with van der Waals surface area (Å²) in [5, 5.41) is 2.69. The summed E-state index contributed by atoms with van der Waals surface area (Å²) < 4.78 is 5.40. The van der Waals surface area contributed by atoms with E-state index in [1.165, 1.54) is 0 Å². The Morgan fingerprint density at radius 3 is 2.23 bits per heavy atom. The highest BCUT2D eigenvalue weighted by Gasteiger charge is 2.18. The van der Waals surface area contributed by atoms with Crippen molar-refractivity contribution < 1.29 is 19.1 Å². The zero-order chi connectivity index (χ0) is 16.8. The molecule has 0 rings (SSSR count). The molecule has 0 aromatic carbocycles. The van der Waals surface area contributed by atoms with E-state index in [1.54, 1.807) is 6.92 Å². The van der Waals surface area contributed by atoms with Crippen LogP contribution in [0.25, 0.3) is 0 Å². The Morgan fingerprint density at radius 2 is 1.64 bits per heavy atom. The van der Waals surface area contributed by atoms with E-state index in [-0.39, 0.29) is 30.3 Å². The fourth-order valence-corrected chi connectivity index (χ4v) is 1.99. The van der Waals surface area contributed by atoms with Crippen molar-refractivity contribution >= 4 is 17.5 Å². The topological polar surface area (TPSA) is 72.5 Å². The molecule has 0 aliphatic heterocycles. The lowest BCUT2D eigenvalue weighted by molar-refractivity contribution is -0.128. The Balaban J connectivity index is 3.83. The number of ketones is 2. The Hall–Kier alpha value is -1.23. The lowest BCUT2D eigenvalue weighted by Crippen LogP contribution is -2.40. The summed E-state index contributed by atoms with van der Waals surface area (Å²) in [6.07, 6.45) is 4.70. The molecule has 0 saturated carbocycles. The fourth-order valence-electron chi connectivity index (χ4n) is 1.99. The molecule has 0 unspecified atom stereocenters. The van der Waals surface area contributed by atoms with Gasteiger partial charge in [-0.25, -0.2) is 0 Å². The minimum Gasteiger partial charge on any atom is -0.381 e. The van der Waals surface area contributed by atoms with Gasteiger partial charge in [0, 0.05) is 38.9 Å². The van der Waals surface area contributed by atoms with Gasteiger partial charge in [-0.2, -0.15) is 0 Å². The van der Waals surface area contributed by atoms with Crippen molar-refractivity contribution in [3.8, 4) is 0 Å². The van der Waals surface area contributed by atoms with Gasteiger partial charge in [-0.1, -0.05) is 27.2 Å². The largest absolute Gasteiger partial charge is 0.381 e. The second kappa shape index (κ2) is 13.4. The van der Waals surface area contributed by atoms with Crippen LogP contribution < -0.4 is 5.32 Å². The summed E-state index contributed by atoms with van der Waals surface area (Å²) in [5.74, 6) is -0.100. The second-order valence-corrected chi connectivity index (χ2v) is 5.46. The molecule has 0 heterocycles. The Labute approximate surface area is 134 Å². The number of hydrogen-bond acceptors (Lipinski definition) is 4. The number of Topliss-reactive ketones (excluding diaryl/α,β-unsaturated/α-hetero) is 2. The highest BCUT2D eigenvalue weighted by molar-refractivity contribution is 5.91. The summed E-state index contributed by atoms with van der Waals surface area (Å²) in [5.41, 5.74) is 0. The van der Waals surface area contributed by atoms with Crippen LogP contribution >= 0.6 is 0 Å². The van der Waals surface area contributed by atoms with Crippen LogP contribution in [-0.4, -0.2) is 36.7 Å². The average molecular weight is 313 g/mol. The average Bonchev–Trinajstić information content (AvgIpc) is 2.53. The van der Waals surface area contributed by atoms with Crippen LogP contribution in [0.5, 0.6) is 0 Å². The van der Waals surface area contributed by atoms with Crippen LogP contribution in [0.4, 0.5) is 0 Å². The molecule has 0 bridgehead atoms. The van der Waals surface area contributed by atoms with Crippen molar-refractivity contribution in [1.29, 1.82) is 0 Å². The number of nitrogens with one attached hydrogen (secondary N) is 1. The summed E-state index contributed by atoms with van der Waals surface area (Å²) >= 11 is 0. The molecule has 1 amide bonds. The predicted molar refractivity (Wildman–Crippen MR) is 86.7 cm³/mol. The zero-order valence-corrected chi connectivity index (χ0v) is 14.3. The molecule has 128 valence electrons. The molecule has 0 aromatic heterocycles. The van der Waals surface area contributed by atoms with Gasteiger partial charge in [0.25, 0.3) is 0 Å². The van der Waals surface area contributed by atoms with E-state index >= 15 is 0 Å². The summed E-state index contributed by atoms with van der Waals surface area (Å²) in [4.78, 5) is 35.0. The van der Waals surface area contributed by atoms with E-state index in [1.807, 2.05) is 6.92 Å². The van der Waals surface area contributed by atoms with Crippen molar-refractivity contribution in [3.63, 3.8) is 0 Å². The SMILES string of the molecule is CCCCOCCCC(=O)CCC(=O)[C@H](CC)NC(=O)CC. The second-order valence-electron chi connectivity index (χ2n) is 5.46. The first-order valence-electron chi connectivity index (χ1n) is 8.46. The molecule has 5 nitrogen and oxygen atoms in total. The van der Waals surface area contributed by atoms with Crippen molar-refractivity contribution in [1.82, 2.24) is 5.32 Å². The van der Waals surface area contributed by atoms with Gasteiger partial charge in [0.1, 0.15) is 5.78 Å². The third-order valence-corrected chi connectivity index (χ3v) is 3.49. The molecule has 22 heavy (non-hydrogen) atoms. The van der Waals surface area contributed by atoms with Gasteiger partial charge in [-0.3, -0.25) is 14.4 Å². The lowest BCUT2D eigenvalue weighted by atomic mass is 10.0. The third-order valence-electron chi connectivity index (χ3n) is 3.49. The Bertz CT molecular complexity index is 342. The number of ether oxygens (including phenoxy) is 1.